The number of fused-ring (bicyclic) bond motifs is 1. The van der Waals surface area contributed by atoms with Gasteiger partial charge in [0.1, 0.15) is 0 Å². The number of nitrogens with zero attached hydrogens (tertiary/aromatic N) is 4. The van der Waals surface area contributed by atoms with Crippen LogP contribution in [0.1, 0.15) is 12.5 Å². The smallest absolute Gasteiger partial charge is 0.245 e. The van der Waals surface area contributed by atoms with Gasteiger partial charge >= 0.3 is 0 Å². The number of aromatic nitrogens is 3. The van der Waals surface area contributed by atoms with Crippen molar-refractivity contribution in [2.24, 2.45) is 0 Å². The number of hydrogen-bond acceptors (Lipinski definition) is 4. The molecule has 0 bridgehead atoms. The third-order valence-corrected chi connectivity index (χ3v) is 3.20. The first-order chi connectivity index (χ1) is 8.24. The lowest BCUT2D eigenvalue weighted by Gasteiger charge is -2.30. The van der Waals surface area contributed by atoms with Gasteiger partial charge in [-0.25, -0.2) is 4.52 Å². The van der Waals surface area contributed by atoms with Crippen LogP contribution in [0.4, 0.5) is 5.95 Å². The van der Waals surface area contributed by atoms with Gasteiger partial charge in [-0.05, 0) is 25.5 Å². The number of nitrogens with one attached hydrogen (secondary N) is 1. The van der Waals surface area contributed by atoms with Crippen LogP contribution in [-0.4, -0.2) is 40.3 Å². The molecule has 1 saturated heterocycles. The molecule has 3 heterocycles. The first-order valence-electron chi connectivity index (χ1n) is 6.04. The van der Waals surface area contributed by atoms with Gasteiger partial charge in [-0.15, -0.1) is 5.10 Å². The van der Waals surface area contributed by atoms with Gasteiger partial charge in [-0.3, -0.25) is 0 Å². The highest BCUT2D eigenvalue weighted by Gasteiger charge is 2.19. The van der Waals surface area contributed by atoms with Crippen LogP contribution >= 0.6 is 0 Å². The normalized spacial score (nSPS) is 21.1. The minimum absolute atomic E-state index is 0.497. The molecule has 2 aromatic rings. The maximum Gasteiger partial charge on any atom is 0.245 e. The monoisotopic (exact) mass is 231 g/mol. The Kier molecular flexibility index (Phi) is 2.48. The summed E-state index contributed by atoms with van der Waals surface area (Å²) in [6.07, 6.45) is 1.95. The van der Waals surface area contributed by atoms with E-state index in [0.717, 1.165) is 36.8 Å². The third-order valence-electron chi connectivity index (χ3n) is 3.20. The number of hydrogen-bond donors (Lipinski definition) is 1. The molecule has 90 valence electrons. The van der Waals surface area contributed by atoms with Crippen LogP contribution < -0.4 is 10.2 Å². The second-order valence-electron chi connectivity index (χ2n) is 4.67. The molecule has 0 aliphatic carbocycles. The quantitative estimate of drug-likeness (QED) is 0.790. The molecule has 0 saturated carbocycles. The van der Waals surface area contributed by atoms with E-state index < -0.39 is 0 Å². The zero-order valence-electron chi connectivity index (χ0n) is 10.2. The van der Waals surface area contributed by atoms with E-state index in [0.29, 0.717) is 6.04 Å². The van der Waals surface area contributed by atoms with Crippen molar-refractivity contribution in [1.29, 1.82) is 0 Å². The zero-order chi connectivity index (χ0) is 11.8. The van der Waals surface area contributed by atoms with Gasteiger partial charge in [0, 0.05) is 31.9 Å². The molecule has 17 heavy (non-hydrogen) atoms. The van der Waals surface area contributed by atoms with Crippen LogP contribution in [0.2, 0.25) is 0 Å². The average molecular weight is 231 g/mol. The summed E-state index contributed by atoms with van der Waals surface area (Å²) in [6.45, 7) is 7.19. The number of anilines is 1. The molecule has 0 radical (unpaired) electrons. The highest BCUT2D eigenvalue weighted by molar-refractivity contribution is 5.50. The molecule has 5 nitrogen and oxygen atoms in total. The Hall–Kier alpha value is -1.62. The van der Waals surface area contributed by atoms with Crippen LogP contribution in [0.5, 0.6) is 0 Å². The molecule has 1 aliphatic heterocycles. The van der Waals surface area contributed by atoms with Gasteiger partial charge in [0.25, 0.3) is 0 Å². The number of pyridine rings is 1. The van der Waals surface area contributed by atoms with E-state index in [1.165, 1.54) is 0 Å². The van der Waals surface area contributed by atoms with Gasteiger partial charge in [0.2, 0.25) is 5.95 Å². The van der Waals surface area contributed by atoms with E-state index in [1.807, 2.05) is 16.8 Å². The summed E-state index contributed by atoms with van der Waals surface area (Å²) in [5.74, 6) is 0.840. The van der Waals surface area contributed by atoms with Crippen LogP contribution in [0, 0.1) is 6.92 Å². The second-order valence-corrected chi connectivity index (χ2v) is 4.67. The Labute approximate surface area is 100 Å². The van der Waals surface area contributed by atoms with Crippen LogP contribution in [-0.2, 0) is 0 Å². The standard InChI is InChI=1S/C12H17N5/c1-9-4-3-6-17-11(9)14-12(15-17)16-7-5-13-10(2)8-16/h3-4,6,10,13H,5,7-8H2,1-2H3. The molecule has 1 unspecified atom stereocenters. The zero-order valence-corrected chi connectivity index (χ0v) is 10.2. The van der Waals surface area contributed by atoms with Crippen LogP contribution in [0.15, 0.2) is 18.3 Å². The van der Waals surface area contributed by atoms with Crippen molar-refractivity contribution in [1.82, 2.24) is 19.9 Å². The Balaban J connectivity index is 1.97. The fourth-order valence-electron chi connectivity index (χ4n) is 2.28. The maximum atomic E-state index is 4.62. The topological polar surface area (TPSA) is 45.5 Å². The summed E-state index contributed by atoms with van der Waals surface area (Å²) in [5.41, 5.74) is 2.11. The van der Waals surface area contributed by atoms with E-state index in [2.05, 4.69) is 40.2 Å². The first kappa shape index (κ1) is 10.5. The van der Waals surface area contributed by atoms with Crippen molar-refractivity contribution in [3.63, 3.8) is 0 Å². The molecule has 1 N–H and O–H groups in total. The number of piperazine rings is 1. The van der Waals surface area contributed by atoms with Crippen molar-refractivity contribution in [2.45, 2.75) is 19.9 Å². The van der Waals surface area contributed by atoms with Crippen molar-refractivity contribution >= 4 is 11.6 Å². The lowest BCUT2D eigenvalue weighted by atomic mass is 10.2. The largest absolute Gasteiger partial charge is 0.337 e. The van der Waals surface area contributed by atoms with Gasteiger partial charge < -0.3 is 10.2 Å². The SMILES string of the molecule is Cc1cccn2nc(N3CCNC(C)C3)nc12. The van der Waals surface area contributed by atoms with Gasteiger partial charge in [0.05, 0.1) is 0 Å². The molecule has 0 aromatic carbocycles. The Morgan fingerprint density at radius 1 is 1.47 bits per heavy atom. The minimum Gasteiger partial charge on any atom is -0.337 e. The molecule has 1 fully saturated rings. The molecule has 2 aromatic heterocycles. The third kappa shape index (κ3) is 1.86. The highest BCUT2D eigenvalue weighted by atomic mass is 15.4. The molecule has 3 rings (SSSR count). The van der Waals surface area contributed by atoms with E-state index in [9.17, 15) is 0 Å². The molecular weight excluding hydrogens is 214 g/mol. The predicted molar refractivity (Wildman–Crippen MR) is 67.4 cm³/mol. The minimum atomic E-state index is 0.497. The Morgan fingerprint density at radius 3 is 3.12 bits per heavy atom. The summed E-state index contributed by atoms with van der Waals surface area (Å²) in [5, 5.41) is 7.96. The van der Waals surface area contributed by atoms with Gasteiger partial charge in [-0.1, -0.05) is 6.07 Å². The molecule has 1 atom stereocenters. The van der Waals surface area contributed by atoms with Crippen molar-refractivity contribution in [3.05, 3.63) is 23.9 Å². The van der Waals surface area contributed by atoms with E-state index >= 15 is 0 Å². The molecule has 0 amide bonds. The summed E-state index contributed by atoms with van der Waals surface area (Å²) < 4.78 is 1.86. The van der Waals surface area contributed by atoms with Crippen molar-refractivity contribution in [2.75, 3.05) is 24.5 Å². The summed E-state index contributed by atoms with van der Waals surface area (Å²) in [4.78, 5) is 6.86. The number of rotatable bonds is 1. The van der Waals surface area contributed by atoms with Gasteiger partial charge in [0.15, 0.2) is 5.65 Å². The molecule has 0 spiro atoms. The van der Waals surface area contributed by atoms with E-state index in [4.69, 9.17) is 0 Å². The van der Waals surface area contributed by atoms with Crippen molar-refractivity contribution in [3.8, 4) is 0 Å². The fraction of sp³-hybridized carbons (Fsp3) is 0.500. The van der Waals surface area contributed by atoms with Crippen LogP contribution in [0.25, 0.3) is 5.65 Å². The number of aryl methyl sites for hydroxylation is 1. The molecule has 5 heteroatoms. The van der Waals surface area contributed by atoms with Crippen LogP contribution in [0.3, 0.4) is 0 Å². The Bertz CT molecular complexity index is 533. The fourth-order valence-corrected chi connectivity index (χ4v) is 2.28. The maximum absolute atomic E-state index is 4.62. The molecular formula is C12H17N5. The Morgan fingerprint density at radius 2 is 2.35 bits per heavy atom. The van der Waals surface area contributed by atoms with E-state index in [1.54, 1.807) is 0 Å². The summed E-state index contributed by atoms with van der Waals surface area (Å²) in [7, 11) is 0. The summed E-state index contributed by atoms with van der Waals surface area (Å²) >= 11 is 0. The second kappa shape index (κ2) is 4.00. The highest BCUT2D eigenvalue weighted by Crippen LogP contribution is 2.14. The predicted octanol–water partition coefficient (Wildman–Crippen LogP) is 0.836. The van der Waals surface area contributed by atoms with Gasteiger partial charge in [-0.2, -0.15) is 4.98 Å². The van der Waals surface area contributed by atoms with Crippen molar-refractivity contribution < 1.29 is 0 Å². The lowest BCUT2D eigenvalue weighted by Crippen LogP contribution is -2.49. The summed E-state index contributed by atoms with van der Waals surface area (Å²) in [6, 6.07) is 4.56. The first-order valence-corrected chi connectivity index (χ1v) is 6.04. The van der Waals surface area contributed by atoms with E-state index in [-0.39, 0.29) is 0 Å². The average Bonchev–Trinajstić information content (AvgIpc) is 2.74. The lowest BCUT2D eigenvalue weighted by molar-refractivity contribution is 0.479. The molecule has 1 aliphatic rings.